The number of amides is 12. The predicted molar refractivity (Wildman–Crippen MR) is 301 cm³/mol. The largest absolute Gasteiger partial charge is 0.275 e. The van der Waals surface area contributed by atoms with Crippen LogP contribution in [0.15, 0.2) is 74.4 Å². The Bertz CT molecular complexity index is 2650. The molecule has 438 valence electrons. The van der Waals surface area contributed by atoms with Gasteiger partial charge in [0.1, 0.15) is 0 Å². The molecule has 12 atom stereocenters. The molecule has 0 spiro atoms. The topological polar surface area (TPSA) is 224 Å². The lowest BCUT2D eigenvalue weighted by Gasteiger charge is -2.48. The molecule has 0 aromatic carbocycles. The zero-order valence-electron chi connectivity index (χ0n) is 48.0. The molecule has 6 aliphatic heterocycles. The molecule has 18 nitrogen and oxygen atoms in total. The summed E-state index contributed by atoms with van der Waals surface area (Å²) in [4.78, 5) is 146. The molecule has 0 aromatic heterocycles. The van der Waals surface area contributed by atoms with E-state index in [0.717, 1.165) is 141 Å². The predicted octanol–water partition coefficient (Wildman–Crippen LogP) is 7.77. The highest BCUT2D eigenvalue weighted by molar-refractivity contribution is 6.11. The fourth-order valence-electron chi connectivity index (χ4n) is 14.3. The van der Waals surface area contributed by atoms with Crippen LogP contribution in [0.2, 0.25) is 0 Å². The van der Waals surface area contributed by atoms with Gasteiger partial charge in [0.2, 0.25) is 35.4 Å². The van der Waals surface area contributed by atoms with E-state index in [0.29, 0.717) is 16.7 Å². The highest BCUT2D eigenvalue weighted by atomic mass is 16.2. The Morgan fingerprint density at radius 2 is 0.469 bits per heavy atom. The second-order valence-electron chi connectivity index (χ2n) is 23.9. The van der Waals surface area contributed by atoms with Gasteiger partial charge in [-0.15, -0.1) is 0 Å². The summed E-state index contributed by atoms with van der Waals surface area (Å²) in [6.45, 7) is 25.9. The average molecular weight is 1120 g/mol. The number of carbonyl (C=O) groups is 12. The number of hydrogen-bond acceptors (Lipinski definition) is 12. The Morgan fingerprint density at radius 3 is 0.704 bits per heavy atom. The van der Waals surface area contributed by atoms with Crippen molar-refractivity contribution in [3.63, 3.8) is 0 Å². The maximum atomic E-state index is 11.8. The lowest BCUT2D eigenvalue weighted by Crippen LogP contribution is -2.64. The minimum atomic E-state index is -0.233. The molecular formula is C63H84N6O12. The maximum Gasteiger partial charge on any atom is 0.255 e. The zero-order valence-corrected chi connectivity index (χ0v) is 48.0. The lowest BCUT2D eigenvalue weighted by molar-refractivity contribution is -0.168. The molecule has 12 unspecified atom stereocenters. The molecule has 12 amide bonds. The second-order valence-corrected chi connectivity index (χ2v) is 23.9. The van der Waals surface area contributed by atoms with Crippen LogP contribution in [0.1, 0.15) is 175 Å². The van der Waals surface area contributed by atoms with Crippen molar-refractivity contribution in [1.82, 2.24) is 29.4 Å². The van der Waals surface area contributed by atoms with Gasteiger partial charge in [0, 0.05) is 16.7 Å². The minimum absolute atomic E-state index is 0.00222. The third kappa shape index (κ3) is 12.4. The van der Waals surface area contributed by atoms with E-state index < -0.39 is 0 Å². The van der Waals surface area contributed by atoms with Crippen molar-refractivity contribution in [3.8, 4) is 0 Å². The summed E-state index contributed by atoms with van der Waals surface area (Å²) in [6.07, 6.45) is 28.9. The smallest absolute Gasteiger partial charge is 0.255 e. The van der Waals surface area contributed by atoms with Crippen LogP contribution in [0.3, 0.4) is 0 Å². The fraction of sp³-hybridized carbons (Fsp3) is 0.619. The molecule has 81 heavy (non-hydrogen) atoms. The molecule has 12 aliphatic rings. The Hall–Kier alpha value is -6.72. The minimum Gasteiger partial charge on any atom is -0.275 e. The summed E-state index contributed by atoms with van der Waals surface area (Å²) >= 11 is 0. The maximum absolute atomic E-state index is 11.8. The van der Waals surface area contributed by atoms with Crippen LogP contribution >= 0.6 is 0 Å². The first-order valence-corrected chi connectivity index (χ1v) is 29.7. The van der Waals surface area contributed by atoms with Crippen molar-refractivity contribution in [3.05, 3.63) is 74.4 Å². The standard InChI is InChI=1S/C12H17NO2.2C11H15NO2.2C10H13NO2.C9H11NO2/c1-8(2)11(14)13-10-7-5-3-4-6-9(10)12(13)15;1-7(2)10(13)12-9-6-4-3-5-8(9)11(12)14;1-2-10(13)12-9-7-5-3-4-6-8(9)11(12)14;1-6(2)9(12)11-8-5-3-4-7(8)10(11)13;1-2-9(12)11-8-6-4-3-5-7(8)10(11)13;1-2-8(11)10-7-5-3-4-6(7)9(10)12/h9-10H,1,3-7H2,2H3;8-9H,1,3-6H2,2H3;2,8-9H,1,3-7H2;7-8H,1,3-5H2,2H3;2,7-8H,1,3-6H2;2,6-7H,1,3-5H2. The van der Waals surface area contributed by atoms with E-state index in [9.17, 15) is 57.5 Å². The number of hydrogen-bond donors (Lipinski definition) is 0. The van der Waals surface area contributed by atoms with E-state index in [2.05, 4.69) is 39.5 Å². The number of rotatable bonds is 6. The Balaban J connectivity index is 0.000000140. The molecule has 0 bridgehead atoms. The van der Waals surface area contributed by atoms with Gasteiger partial charge in [-0.2, -0.15) is 0 Å². The Morgan fingerprint density at radius 1 is 0.296 bits per heavy atom. The van der Waals surface area contributed by atoms with Gasteiger partial charge in [-0.25, -0.2) is 0 Å². The zero-order chi connectivity index (χ0) is 59.1. The van der Waals surface area contributed by atoms with Crippen molar-refractivity contribution < 1.29 is 57.5 Å². The van der Waals surface area contributed by atoms with Gasteiger partial charge in [-0.1, -0.05) is 117 Å². The SMILES string of the molecule is C=C(C)C(=O)N1C(=O)C2CCCC21.C=C(C)C(=O)N1C(=O)C2CCCCC21.C=C(C)C(=O)N1C(=O)C2CCCCCC21.C=CC(=O)N1C(=O)C2CCCC21.C=CC(=O)N1C(=O)C2CCCCC21.C=CC(=O)N1C(=O)C2CCCCCC21. The van der Waals surface area contributed by atoms with Crippen LogP contribution in [0.4, 0.5) is 0 Å². The number of nitrogens with zero attached hydrogens (tertiary/aromatic N) is 6. The molecule has 6 saturated heterocycles. The number of carbonyl (C=O) groups excluding carboxylic acids is 12. The molecule has 0 aromatic rings. The lowest BCUT2D eigenvalue weighted by atomic mass is 9.76. The molecule has 6 heterocycles. The first-order chi connectivity index (χ1) is 38.6. The number of fused-ring (bicyclic) bond motifs is 6. The first-order valence-electron chi connectivity index (χ1n) is 29.7. The highest BCUT2D eigenvalue weighted by Gasteiger charge is 2.55. The van der Waals surface area contributed by atoms with Crippen molar-refractivity contribution in [2.45, 2.75) is 211 Å². The van der Waals surface area contributed by atoms with Crippen molar-refractivity contribution >= 4 is 70.9 Å². The molecule has 18 heteroatoms. The molecule has 12 rings (SSSR count). The van der Waals surface area contributed by atoms with Crippen molar-refractivity contribution in [1.29, 1.82) is 0 Å². The van der Waals surface area contributed by atoms with E-state index in [4.69, 9.17) is 0 Å². The summed E-state index contributed by atoms with van der Waals surface area (Å²) < 4.78 is 0. The van der Waals surface area contributed by atoms with E-state index in [-0.39, 0.29) is 143 Å². The van der Waals surface area contributed by atoms with E-state index in [1.54, 1.807) is 20.8 Å². The fourth-order valence-corrected chi connectivity index (χ4v) is 14.3. The van der Waals surface area contributed by atoms with Gasteiger partial charge in [0.15, 0.2) is 0 Å². The van der Waals surface area contributed by atoms with Gasteiger partial charge in [0.05, 0.1) is 71.8 Å². The third-order valence-electron chi connectivity index (χ3n) is 18.7. The quantitative estimate of drug-likeness (QED) is 0.184. The van der Waals surface area contributed by atoms with Crippen LogP contribution in [0.25, 0.3) is 0 Å². The van der Waals surface area contributed by atoms with E-state index >= 15 is 0 Å². The molecule has 6 aliphatic carbocycles. The number of β-lactam (4-membered cyclic amide) rings is 6. The molecule has 0 radical (unpaired) electrons. The van der Waals surface area contributed by atoms with Gasteiger partial charge in [0.25, 0.3) is 35.4 Å². The van der Waals surface area contributed by atoms with Crippen LogP contribution < -0.4 is 0 Å². The van der Waals surface area contributed by atoms with Gasteiger partial charge >= 0.3 is 0 Å². The Kier molecular flexibility index (Phi) is 20.6. The molecule has 0 N–H and O–H groups in total. The van der Waals surface area contributed by atoms with Gasteiger partial charge in [-0.05, 0) is 116 Å². The van der Waals surface area contributed by atoms with E-state index in [1.807, 2.05) is 0 Å². The highest BCUT2D eigenvalue weighted by Crippen LogP contribution is 2.44. The Labute approximate surface area is 477 Å². The normalized spacial score (nSPS) is 31.3. The van der Waals surface area contributed by atoms with Crippen LogP contribution in [0, 0.1) is 35.5 Å². The van der Waals surface area contributed by atoms with Crippen molar-refractivity contribution in [2.75, 3.05) is 0 Å². The number of imide groups is 6. The number of likely N-dealkylation sites (tertiary alicyclic amines) is 6. The molecule has 6 saturated carbocycles. The second kappa shape index (κ2) is 26.9. The monoisotopic (exact) mass is 1120 g/mol. The summed E-state index contributed by atoms with van der Waals surface area (Å²) in [7, 11) is 0. The summed E-state index contributed by atoms with van der Waals surface area (Å²) in [5, 5.41) is 0. The summed E-state index contributed by atoms with van der Waals surface area (Å²) in [6, 6.07) is 1.10. The van der Waals surface area contributed by atoms with Gasteiger partial charge < -0.3 is 0 Å². The summed E-state index contributed by atoms with van der Waals surface area (Å²) in [5.74, 6) is -0.352. The molecular weight excluding hydrogens is 1030 g/mol. The van der Waals surface area contributed by atoms with Crippen LogP contribution in [-0.2, 0) is 57.5 Å². The summed E-state index contributed by atoms with van der Waals surface area (Å²) in [5.41, 5.74) is 1.38. The third-order valence-corrected chi connectivity index (χ3v) is 18.7. The molecule has 12 fully saturated rings. The average Bonchev–Trinajstić information content (AvgIpc) is 4.14. The van der Waals surface area contributed by atoms with Crippen LogP contribution in [0.5, 0.6) is 0 Å². The van der Waals surface area contributed by atoms with Gasteiger partial charge in [-0.3, -0.25) is 86.9 Å². The van der Waals surface area contributed by atoms with E-state index in [1.165, 1.54) is 60.5 Å². The first kappa shape index (κ1) is 61.9. The van der Waals surface area contributed by atoms with Crippen molar-refractivity contribution in [2.24, 2.45) is 35.5 Å². The van der Waals surface area contributed by atoms with Crippen LogP contribution in [-0.4, -0.2) is 137 Å².